The van der Waals surface area contributed by atoms with Crippen molar-refractivity contribution in [2.24, 2.45) is 0 Å². The van der Waals surface area contributed by atoms with E-state index in [1.165, 1.54) is 0 Å². The molecule has 0 fully saturated rings. The van der Waals surface area contributed by atoms with Gasteiger partial charge in [0, 0.05) is 5.39 Å². The molecule has 12 heavy (non-hydrogen) atoms. The van der Waals surface area contributed by atoms with Gasteiger partial charge in [0.1, 0.15) is 4.60 Å². The number of nitrogens with one attached hydrogen (secondary N) is 2. The normalized spacial score (nSPS) is 10.8. The maximum absolute atomic E-state index is 11.2. The van der Waals surface area contributed by atoms with Crippen LogP contribution in [0.1, 0.15) is 0 Å². The van der Waals surface area contributed by atoms with Gasteiger partial charge in [0.2, 0.25) is 0 Å². The van der Waals surface area contributed by atoms with Gasteiger partial charge in [0.15, 0.2) is 5.52 Å². The van der Waals surface area contributed by atoms with Gasteiger partial charge in [0.05, 0.1) is 4.60 Å². The average Bonchev–Trinajstić information content (AvgIpc) is 2.33. The minimum atomic E-state index is -0.207. The fraction of sp³-hybridized carbons (Fsp3) is 0. The summed E-state index contributed by atoms with van der Waals surface area (Å²) < 4.78 is 1.35. The molecule has 2 rings (SSSR count). The summed E-state index contributed by atoms with van der Waals surface area (Å²) in [5.41, 5.74) is 0.200. The van der Waals surface area contributed by atoms with Gasteiger partial charge in [-0.25, -0.2) is 0 Å². The van der Waals surface area contributed by atoms with Crippen LogP contribution in [0.15, 0.2) is 20.1 Å². The topological polar surface area (TPSA) is 61.5 Å². The van der Waals surface area contributed by atoms with E-state index in [2.05, 4.69) is 47.0 Å². The Morgan fingerprint density at radius 1 is 1.42 bits per heavy atom. The number of hydrogen-bond donors (Lipinski definition) is 2. The van der Waals surface area contributed by atoms with Gasteiger partial charge < -0.3 is 4.98 Å². The highest BCUT2D eigenvalue weighted by Crippen LogP contribution is 2.19. The average molecular weight is 293 g/mol. The first kappa shape index (κ1) is 8.00. The van der Waals surface area contributed by atoms with Crippen molar-refractivity contribution in [3.8, 4) is 0 Å². The molecule has 4 nitrogen and oxygen atoms in total. The maximum atomic E-state index is 11.2. The SMILES string of the molecule is O=c1[nH]c(Br)cc2c(Br)[nH]nc12. The summed E-state index contributed by atoms with van der Waals surface area (Å²) >= 11 is 6.43. The Labute approximate surface area is 83.6 Å². The lowest BCUT2D eigenvalue weighted by Crippen LogP contribution is -2.05. The molecule has 6 heteroatoms. The first-order chi connectivity index (χ1) is 5.68. The van der Waals surface area contributed by atoms with Crippen LogP contribution < -0.4 is 5.56 Å². The van der Waals surface area contributed by atoms with Crippen molar-refractivity contribution in [3.05, 3.63) is 25.6 Å². The molecule has 62 valence electrons. The van der Waals surface area contributed by atoms with E-state index < -0.39 is 0 Å². The molecular formula is C6H3Br2N3O. The van der Waals surface area contributed by atoms with E-state index in [0.717, 1.165) is 5.39 Å². The van der Waals surface area contributed by atoms with E-state index in [-0.39, 0.29) is 5.56 Å². The summed E-state index contributed by atoms with van der Waals surface area (Å²) in [5.74, 6) is 0. The van der Waals surface area contributed by atoms with E-state index in [4.69, 9.17) is 0 Å². The zero-order valence-corrected chi connectivity index (χ0v) is 8.86. The first-order valence-electron chi connectivity index (χ1n) is 3.11. The van der Waals surface area contributed by atoms with Crippen LogP contribution in [0.5, 0.6) is 0 Å². The van der Waals surface area contributed by atoms with Crippen LogP contribution >= 0.6 is 31.9 Å². The number of fused-ring (bicyclic) bond motifs is 1. The second kappa shape index (κ2) is 2.70. The summed E-state index contributed by atoms with van der Waals surface area (Å²) in [5, 5.41) is 7.26. The lowest BCUT2D eigenvalue weighted by Gasteiger charge is -1.89. The van der Waals surface area contributed by atoms with Gasteiger partial charge in [-0.2, -0.15) is 5.10 Å². The van der Waals surface area contributed by atoms with Crippen LogP contribution in [0, 0.1) is 0 Å². The maximum Gasteiger partial charge on any atom is 0.277 e. The number of aromatic nitrogens is 3. The third-order valence-electron chi connectivity index (χ3n) is 1.48. The molecule has 0 radical (unpaired) electrons. The minimum Gasteiger partial charge on any atom is -0.315 e. The molecule has 2 aromatic heterocycles. The van der Waals surface area contributed by atoms with Crippen LogP contribution in [0.3, 0.4) is 0 Å². The Morgan fingerprint density at radius 2 is 2.17 bits per heavy atom. The zero-order valence-electron chi connectivity index (χ0n) is 5.69. The van der Waals surface area contributed by atoms with E-state index in [1.54, 1.807) is 6.07 Å². The minimum absolute atomic E-state index is 0.207. The van der Waals surface area contributed by atoms with Crippen molar-refractivity contribution in [2.45, 2.75) is 0 Å². The number of nitrogens with zero attached hydrogens (tertiary/aromatic N) is 1. The van der Waals surface area contributed by atoms with Crippen LogP contribution in [-0.4, -0.2) is 15.2 Å². The van der Waals surface area contributed by atoms with Crippen molar-refractivity contribution in [3.63, 3.8) is 0 Å². The number of pyridine rings is 1. The third-order valence-corrected chi connectivity index (χ3v) is 2.51. The van der Waals surface area contributed by atoms with Gasteiger partial charge in [-0.05, 0) is 37.9 Å². The quantitative estimate of drug-likeness (QED) is 0.727. The fourth-order valence-corrected chi connectivity index (χ4v) is 1.76. The molecule has 0 unspecified atom stereocenters. The van der Waals surface area contributed by atoms with Gasteiger partial charge in [0.25, 0.3) is 5.56 Å². The van der Waals surface area contributed by atoms with E-state index >= 15 is 0 Å². The van der Waals surface area contributed by atoms with Crippen molar-refractivity contribution >= 4 is 42.8 Å². The van der Waals surface area contributed by atoms with Gasteiger partial charge in [-0.3, -0.25) is 9.89 Å². The molecule has 0 aliphatic carbocycles. The van der Waals surface area contributed by atoms with Gasteiger partial charge in [-0.15, -0.1) is 0 Å². The predicted octanol–water partition coefficient (Wildman–Crippen LogP) is 1.78. The summed E-state index contributed by atoms with van der Waals surface area (Å²) in [4.78, 5) is 13.8. The summed E-state index contributed by atoms with van der Waals surface area (Å²) in [6.45, 7) is 0. The highest BCUT2D eigenvalue weighted by Gasteiger charge is 2.06. The highest BCUT2D eigenvalue weighted by atomic mass is 79.9. The molecule has 0 amide bonds. The molecule has 0 saturated carbocycles. The van der Waals surface area contributed by atoms with Crippen LogP contribution in [-0.2, 0) is 0 Å². The Balaban J connectivity index is 3.03. The monoisotopic (exact) mass is 291 g/mol. The summed E-state index contributed by atoms with van der Waals surface area (Å²) in [6, 6.07) is 1.78. The molecule has 0 aliphatic rings. The third kappa shape index (κ3) is 1.11. The molecule has 2 heterocycles. The molecule has 0 aromatic carbocycles. The smallest absolute Gasteiger partial charge is 0.277 e. The Kier molecular flexibility index (Phi) is 1.80. The highest BCUT2D eigenvalue weighted by molar-refractivity contribution is 9.11. The second-order valence-electron chi connectivity index (χ2n) is 2.25. The van der Waals surface area contributed by atoms with Crippen molar-refractivity contribution < 1.29 is 0 Å². The number of rotatable bonds is 0. The molecule has 0 spiro atoms. The number of aromatic amines is 2. The molecular weight excluding hydrogens is 290 g/mol. The summed E-state index contributed by atoms with van der Waals surface area (Å²) in [6.07, 6.45) is 0. The van der Waals surface area contributed by atoms with Crippen LogP contribution in [0.2, 0.25) is 0 Å². The van der Waals surface area contributed by atoms with Crippen molar-refractivity contribution in [1.29, 1.82) is 0 Å². The lowest BCUT2D eigenvalue weighted by atomic mass is 10.3. The summed E-state index contributed by atoms with van der Waals surface area (Å²) in [7, 11) is 0. The fourth-order valence-electron chi connectivity index (χ4n) is 0.965. The molecule has 0 saturated heterocycles. The van der Waals surface area contributed by atoms with Crippen LogP contribution in [0.25, 0.3) is 10.9 Å². The molecule has 0 aliphatic heterocycles. The van der Waals surface area contributed by atoms with Crippen molar-refractivity contribution in [1.82, 2.24) is 15.2 Å². The van der Waals surface area contributed by atoms with E-state index in [0.29, 0.717) is 14.7 Å². The Bertz CT molecular complexity index is 487. The van der Waals surface area contributed by atoms with E-state index in [1.807, 2.05) is 0 Å². The Hall–Kier alpha value is -0.620. The van der Waals surface area contributed by atoms with Gasteiger partial charge in [-0.1, -0.05) is 0 Å². The Morgan fingerprint density at radius 3 is 2.92 bits per heavy atom. The number of hydrogen-bond acceptors (Lipinski definition) is 2. The predicted molar refractivity (Wildman–Crippen MR) is 52.1 cm³/mol. The van der Waals surface area contributed by atoms with Gasteiger partial charge >= 0.3 is 0 Å². The van der Waals surface area contributed by atoms with Crippen LogP contribution in [0.4, 0.5) is 0 Å². The number of H-pyrrole nitrogens is 2. The van der Waals surface area contributed by atoms with E-state index in [9.17, 15) is 4.79 Å². The molecule has 2 N–H and O–H groups in total. The molecule has 2 aromatic rings. The lowest BCUT2D eigenvalue weighted by molar-refractivity contribution is 1.08. The van der Waals surface area contributed by atoms with Crippen molar-refractivity contribution in [2.75, 3.05) is 0 Å². The second-order valence-corrected chi connectivity index (χ2v) is 3.89. The zero-order chi connectivity index (χ0) is 8.72. The molecule has 0 atom stereocenters. The standard InChI is InChI=1S/C6H3Br2N3O/c7-3-1-2-4(6(12)9-3)10-11-5(2)8/h1H,(H,9,12)(H,10,11). The largest absolute Gasteiger partial charge is 0.315 e. The number of halogens is 2. The molecule has 0 bridgehead atoms. The first-order valence-corrected chi connectivity index (χ1v) is 4.69.